The summed E-state index contributed by atoms with van der Waals surface area (Å²) in [6, 6.07) is -4.31. The summed E-state index contributed by atoms with van der Waals surface area (Å²) in [4.78, 5) is 12.2. The van der Waals surface area contributed by atoms with Crippen molar-refractivity contribution in [1.29, 1.82) is 0 Å². The van der Waals surface area contributed by atoms with E-state index in [-0.39, 0.29) is 0 Å². The minimum Gasteiger partial charge on any atom is -0.735 e. The topological polar surface area (TPSA) is 484 Å². The molecule has 0 aromatic carbocycles. The average molecular weight is 833 g/mol. The summed E-state index contributed by atoms with van der Waals surface area (Å²) in [5.41, 5.74) is 3.37. The molecule has 3 aliphatic heterocycles. The van der Waals surface area contributed by atoms with Gasteiger partial charge in [-0.1, -0.05) is 0 Å². The van der Waals surface area contributed by atoms with E-state index in [1.807, 2.05) is 0 Å². The summed E-state index contributed by atoms with van der Waals surface area (Å²) in [5.74, 6) is -2.38. The van der Waals surface area contributed by atoms with Crippen LogP contribution in [-0.2, 0) is 82.5 Å². The van der Waals surface area contributed by atoms with Gasteiger partial charge in [-0.25, -0.2) is 38.4 Å². The molecule has 3 aliphatic rings. The molecule has 0 aromatic heterocycles. The van der Waals surface area contributed by atoms with Crippen molar-refractivity contribution >= 4 is 47.5 Å². The zero-order valence-corrected chi connectivity index (χ0v) is 27.9. The van der Waals surface area contributed by atoms with Gasteiger partial charge in [0, 0.05) is 0 Å². The van der Waals surface area contributed by atoms with Crippen LogP contribution in [0, 0.1) is 0 Å². The van der Waals surface area contributed by atoms with Crippen molar-refractivity contribution in [1.82, 2.24) is 4.72 Å². The number of carbonyl (C=O) groups is 1. The fourth-order valence-electron chi connectivity index (χ4n) is 5.03. The van der Waals surface area contributed by atoms with Gasteiger partial charge in [0.05, 0.1) is 19.2 Å². The van der Waals surface area contributed by atoms with Crippen LogP contribution in [0.1, 0.15) is 0 Å². The first-order valence-corrected chi connectivity index (χ1v) is 18.8. The third-order valence-corrected chi connectivity index (χ3v) is 9.02. The molecule has 0 spiro atoms. The highest BCUT2D eigenvalue weighted by Crippen LogP contribution is 2.34. The number of carboxylic acids is 1. The minimum absolute atomic E-state index is 1.15. The number of ether oxygens (including phenoxy) is 5. The fraction of sp³-hybridized carbons (Fsp3) is 0.944. The second-order valence-corrected chi connectivity index (χ2v) is 14.8. The molecule has 15 atom stereocenters. The summed E-state index contributed by atoms with van der Waals surface area (Å²) in [6.45, 7) is -2.67. The van der Waals surface area contributed by atoms with Gasteiger partial charge in [-0.15, -0.1) is 0 Å². The zero-order valence-electron chi connectivity index (χ0n) is 24.6. The standard InChI is InChI=1S/C18H32N2O27S4/c19-5-11(46-50(34,35)36)7(22)3(1-21)42-17(5)44-12-9(24)13(47-51(37,38)39)18(45-14(12)15(25)26)43-10-4(2-40-49(31,32)33)41-16(27)6(8(10)23)20-48(28,29)30/h3-14,16-18,20-24,27H,1-2,19H2,(H,25,26)(H,28,29,30)(H,31,32,33)(H,34,35,36)(H,37,38,39)/p-4/t3-,4-,5-,6-,7-,8-,9+,10-,11-,12+,13-,14-,16+,17-,18-/m1/s1. The molecule has 0 aromatic rings. The Bertz CT molecular complexity index is 1660. The number of rotatable bonds is 15. The van der Waals surface area contributed by atoms with Gasteiger partial charge in [0.1, 0.15) is 54.9 Å². The van der Waals surface area contributed by atoms with Crippen LogP contribution in [0.5, 0.6) is 0 Å². The molecule has 0 radical (unpaired) electrons. The Kier molecular flexibility index (Phi) is 14.2. The fourth-order valence-corrected chi connectivity index (χ4v) is 6.92. The summed E-state index contributed by atoms with van der Waals surface area (Å²) >= 11 is 0. The van der Waals surface area contributed by atoms with Gasteiger partial charge < -0.3 is 83.1 Å². The first kappa shape index (κ1) is 43.9. The van der Waals surface area contributed by atoms with E-state index < -0.39 is 153 Å². The maximum Gasteiger partial charge on any atom is 0.218 e. The summed E-state index contributed by atoms with van der Waals surface area (Å²) in [5, 5.41) is 63.9. The summed E-state index contributed by atoms with van der Waals surface area (Å²) < 4.78 is 175. The molecule has 300 valence electrons. The quantitative estimate of drug-likeness (QED) is 0.0595. The van der Waals surface area contributed by atoms with Crippen molar-refractivity contribution in [2.75, 3.05) is 13.2 Å². The Labute approximate surface area is 286 Å². The van der Waals surface area contributed by atoms with E-state index in [2.05, 4.69) is 18.3 Å². The predicted molar refractivity (Wildman–Crippen MR) is 136 cm³/mol. The van der Waals surface area contributed by atoms with Crippen molar-refractivity contribution in [3.8, 4) is 0 Å². The van der Waals surface area contributed by atoms with Crippen LogP contribution in [0.4, 0.5) is 0 Å². The molecule has 0 bridgehead atoms. The number of carbonyl (C=O) groups excluding carboxylic acids is 1. The van der Waals surface area contributed by atoms with Crippen molar-refractivity contribution < 1.29 is 129 Å². The van der Waals surface area contributed by atoms with Gasteiger partial charge in [-0.3, -0.25) is 12.5 Å². The van der Waals surface area contributed by atoms with Crippen LogP contribution in [0.2, 0.25) is 0 Å². The van der Waals surface area contributed by atoms with Crippen molar-refractivity contribution in [3.63, 3.8) is 0 Å². The number of aliphatic hydroxyl groups excluding tert-OH is 5. The maximum atomic E-state index is 12.2. The monoisotopic (exact) mass is 832 g/mol. The molecule has 0 saturated carbocycles. The van der Waals surface area contributed by atoms with Crippen LogP contribution < -0.4 is 15.6 Å². The number of carboxylic acid groups (broad SMARTS) is 1. The van der Waals surface area contributed by atoms with E-state index in [1.165, 1.54) is 4.72 Å². The number of hydrogen-bond acceptors (Lipinski definition) is 27. The highest BCUT2D eigenvalue weighted by atomic mass is 32.3. The number of nitrogens with one attached hydrogen (secondary N) is 1. The van der Waals surface area contributed by atoms with Crippen molar-refractivity contribution in [2.45, 2.75) is 92.0 Å². The van der Waals surface area contributed by atoms with Gasteiger partial charge in [-0.2, -0.15) is 0 Å². The van der Waals surface area contributed by atoms with Crippen LogP contribution in [0.15, 0.2) is 0 Å². The highest BCUT2D eigenvalue weighted by Gasteiger charge is 2.56. The summed E-state index contributed by atoms with van der Waals surface area (Å²) in [6.07, 6.45) is -32.1. The molecule has 3 rings (SSSR count). The number of aliphatic carboxylic acids is 1. The van der Waals surface area contributed by atoms with Crippen LogP contribution in [0.25, 0.3) is 0 Å². The van der Waals surface area contributed by atoms with Crippen LogP contribution >= 0.6 is 0 Å². The number of aliphatic hydroxyl groups is 5. The molecule has 3 saturated heterocycles. The lowest BCUT2D eigenvalue weighted by atomic mass is 9.95. The van der Waals surface area contributed by atoms with E-state index in [0.717, 1.165) is 0 Å². The third-order valence-electron chi connectivity index (χ3n) is 7.12. The maximum absolute atomic E-state index is 12.2. The molecule has 29 nitrogen and oxygen atoms in total. The van der Waals surface area contributed by atoms with E-state index in [9.17, 15) is 87.3 Å². The Morgan fingerprint density at radius 2 is 1.25 bits per heavy atom. The number of hydrogen-bond donors (Lipinski definition) is 7. The Morgan fingerprint density at radius 1 is 0.706 bits per heavy atom. The van der Waals surface area contributed by atoms with E-state index in [1.54, 1.807) is 0 Å². The predicted octanol–water partition coefficient (Wildman–Crippen LogP) is -12.1. The first-order valence-electron chi connectivity index (χ1n) is 13.4. The Morgan fingerprint density at radius 3 is 1.75 bits per heavy atom. The Balaban J connectivity index is 2.03. The second kappa shape index (κ2) is 16.5. The van der Waals surface area contributed by atoms with Gasteiger partial charge in [0.2, 0.25) is 37.5 Å². The first-order chi connectivity index (χ1) is 23.1. The molecule has 3 fully saturated rings. The number of quaternary nitrogens is 1. The second-order valence-electron chi connectivity index (χ2n) is 10.6. The smallest absolute Gasteiger partial charge is 0.218 e. The molecule has 0 amide bonds. The van der Waals surface area contributed by atoms with Gasteiger partial charge in [0.25, 0.3) is 0 Å². The van der Waals surface area contributed by atoms with E-state index >= 15 is 0 Å². The van der Waals surface area contributed by atoms with Crippen LogP contribution in [-0.4, -0.2) is 189 Å². The molecule has 9 N–H and O–H groups in total. The molecule has 51 heavy (non-hydrogen) atoms. The van der Waals surface area contributed by atoms with Crippen molar-refractivity contribution in [3.05, 3.63) is 0 Å². The summed E-state index contributed by atoms with van der Waals surface area (Å²) in [7, 11) is -22.8. The largest absolute Gasteiger partial charge is 0.735 e. The molecule has 0 aliphatic carbocycles. The molecule has 3 heterocycles. The van der Waals surface area contributed by atoms with Crippen molar-refractivity contribution in [2.24, 2.45) is 0 Å². The van der Waals surface area contributed by atoms with Gasteiger partial charge in [-0.05, 0) is 0 Å². The lowest BCUT2D eigenvalue weighted by molar-refractivity contribution is -0.505. The lowest BCUT2D eigenvalue weighted by Crippen LogP contribution is -2.79. The zero-order chi connectivity index (χ0) is 39.0. The average Bonchev–Trinajstić information content (AvgIpc) is 2.95. The normalized spacial score (nSPS) is 40.2. The van der Waals surface area contributed by atoms with Gasteiger partial charge >= 0.3 is 0 Å². The molecule has 33 heteroatoms. The Hall–Kier alpha value is -1.49. The SMILES string of the molecule is [NH3+][C@H]1[C@@H](O[C@H]2[C@H](O)[C@@H](OS(=O)(=O)[O-])[C@H](O[C@H]3[C@H](O)[C@@H](NS(=O)(=O)[O-])[C@@H](O)O[C@@H]3COS(=O)(=O)[O-])O[C@H]2C(=O)[O-])O[C@H](CO)[C@@H](O)[C@@H]1OS(=O)(=O)[O-]. The lowest BCUT2D eigenvalue weighted by Gasteiger charge is -2.49. The molecular formula is C18H28N2O27S4-4. The minimum atomic E-state index is -6.02. The third kappa shape index (κ3) is 12.0. The van der Waals surface area contributed by atoms with E-state index in [4.69, 9.17) is 23.7 Å². The van der Waals surface area contributed by atoms with Gasteiger partial charge in [0.15, 0.2) is 41.1 Å². The highest BCUT2D eigenvalue weighted by molar-refractivity contribution is 7.83. The molecule has 0 unspecified atom stereocenters. The van der Waals surface area contributed by atoms with Crippen LogP contribution in [0.3, 0.4) is 0 Å². The molecular weight excluding hydrogens is 804 g/mol. The van der Waals surface area contributed by atoms with E-state index in [0.29, 0.717) is 0 Å².